The third-order valence-electron chi connectivity index (χ3n) is 2.37. The smallest absolute Gasteiger partial charge is 0.121 e. The van der Waals surface area contributed by atoms with Gasteiger partial charge in [0.25, 0.3) is 0 Å². The monoisotopic (exact) mass is 190 g/mol. The Kier molecular flexibility index (Phi) is 4.24. The minimum absolute atomic E-state index is 0.897. The molecule has 0 radical (unpaired) electrons. The van der Waals surface area contributed by atoms with Gasteiger partial charge >= 0.3 is 0 Å². The predicted octanol–water partition coefficient (Wildman–Crippen LogP) is 3.76. The maximum absolute atomic E-state index is 5.25. The maximum Gasteiger partial charge on any atom is 0.121 e. The van der Waals surface area contributed by atoms with Crippen LogP contribution in [0.5, 0.6) is 0 Å². The number of ether oxygens (including phenoxy) is 1. The lowest BCUT2D eigenvalue weighted by Gasteiger charge is -2.10. The van der Waals surface area contributed by atoms with E-state index in [9.17, 15) is 0 Å². The molecule has 76 valence electrons. The highest BCUT2D eigenvalue weighted by Gasteiger charge is 2.03. The van der Waals surface area contributed by atoms with Gasteiger partial charge in [0.15, 0.2) is 0 Å². The van der Waals surface area contributed by atoms with Gasteiger partial charge in [-0.25, -0.2) is 0 Å². The van der Waals surface area contributed by atoms with Crippen LogP contribution in [-0.4, -0.2) is 7.11 Å². The van der Waals surface area contributed by atoms with Crippen molar-refractivity contribution in [2.24, 2.45) is 0 Å². The maximum atomic E-state index is 5.25. The zero-order valence-electron chi connectivity index (χ0n) is 8.88. The summed E-state index contributed by atoms with van der Waals surface area (Å²) in [5.74, 6) is 0.897. The van der Waals surface area contributed by atoms with Gasteiger partial charge in [-0.2, -0.15) is 0 Å². The van der Waals surface area contributed by atoms with E-state index in [1.165, 1.54) is 5.57 Å². The van der Waals surface area contributed by atoms with Crippen LogP contribution in [0, 0.1) is 0 Å². The standard InChI is InChI=1S/C13H18O/c1-11-7-4-5-10-13(14-3)12(2)9-6-8-11/h4-5,10H,1-2,6-9H2,3H3/b5-4-,13-10+. The summed E-state index contributed by atoms with van der Waals surface area (Å²) < 4.78 is 5.25. The molecule has 0 spiro atoms. The normalized spacial score (nSPS) is 25.1. The topological polar surface area (TPSA) is 9.23 Å². The van der Waals surface area contributed by atoms with E-state index >= 15 is 0 Å². The second kappa shape index (κ2) is 5.48. The van der Waals surface area contributed by atoms with Gasteiger partial charge in [0.2, 0.25) is 0 Å². The van der Waals surface area contributed by atoms with Gasteiger partial charge in [-0.3, -0.25) is 0 Å². The Labute approximate surface area is 86.5 Å². The second-order valence-electron chi connectivity index (χ2n) is 3.57. The fourth-order valence-corrected chi connectivity index (χ4v) is 1.50. The summed E-state index contributed by atoms with van der Waals surface area (Å²) in [7, 11) is 1.69. The first-order valence-electron chi connectivity index (χ1n) is 4.99. The molecular weight excluding hydrogens is 172 g/mol. The van der Waals surface area contributed by atoms with Crippen molar-refractivity contribution in [2.75, 3.05) is 7.11 Å². The van der Waals surface area contributed by atoms with E-state index in [1.54, 1.807) is 7.11 Å². The van der Waals surface area contributed by atoms with E-state index in [1.807, 2.05) is 12.2 Å². The van der Waals surface area contributed by atoms with Crippen molar-refractivity contribution < 1.29 is 4.74 Å². The summed E-state index contributed by atoms with van der Waals surface area (Å²) in [5.41, 5.74) is 2.37. The molecule has 0 aliphatic heterocycles. The van der Waals surface area contributed by atoms with Crippen molar-refractivity contribution in [1.82, 2.24) is 0 Å². The van der Waals surface area contributed by atoms with E-state index in [0.717, 1.165) is 37.0 Å². The van der Waals surface area contributed by atoms with Crippen molar-refractivity contribution >= 4 is 0 Å². The summed E-state index contributed by atoms with van der Waals surface area (Å²) in [4.78, 5) is 0. The zero-order valence-corrected chi connectivity index (χ0v) is 8.88. The Morgan fingerprint density at radius 3 is 2.79 bits per heavy atom. The Morgan fingerprint density at radius 1 is 1.29 bits per heavy atom. The summed E-state index contributed by atoms with van der Waals surface area (Å²) in [6, 6.07) is 0. The lowest BCUT2D eigenvalue weighted by atomic mass is 10.0. The van der Waals surface area contributed by atoms with Crippen molar-refractivity contribution in [3.05, 3.63) is 48.3 Å². The van der Waals surface area contributed by atoms with Crippen LogP contribution in [0.3, 0.4) is 0 Å². The van der Waals surface area contributed by atoms with Gasteiger partial charge in [0, 0.05) is 0 Å². The van der Waals surface area contributed by atoms with Crippen LogP contribution in [-0.2, 0) is 4.74 Å². The molecule has 0 aromatic heterocycles. The molecule has 0 amide bonds. The fourth-order valence-electron chi connectivity index (χ4n) is 1.50. The van der Waals surface area contributed by atoms with Crippen LogP contribution in [0.25, 0.3) is 0 Å². The second-order valence-corrected chi connectivity index (χ2v) is 3.57. The largest absolute Gasteiger partial charge is 0.497 e. The highest BCUT2D eigenvalue weighted by atomic mass is 16.5. The Morgan fingerprint density at radius 2 is 2.07 bits per heavy atom. The van der Waals surface area contributed by atoms with E-state index < -0.39 is 0 Å². The van der Waals surface area contributed by atoms with Crippen LogP contribution >= 0.6 is 0 Å². The highest BCUT2D eigenvalue weighted by molar-refractivity contribution is 5.27. The lowest BCUT2D eigenvalue weighted by molar-refractivity contribution is 0.298. The molecule has 1 rings (SSSR count). The molecule has 0 aromatic rings. The van der Waals surface area contributed by atoms with Gasteiger partial charge in [0.1, 0.15) is 5.76 Å². The minimum atomic E-state index is 0.897. The molecule has 14 heavy (non-hydrogen) atoms. The van der Waals surface area contributed by atoms with E-state index in [4.69, 9.17) is 4.74 Å². The van der Waals surface area contributed by atoms with Crippen molar-refractivity contribution in [3.8, 4) is 0 Å². The molecule has 0 aromatic carbocycles. The minimum Gasteiger partial charge on any atom is -0.497 e. The SMILES string of the molecule is C=C1C/C=C\C=C(\OC)C(=C)CCC1. The van der Waals surface area contributed by atoms with Crippen LogP contribution in [0.4, 0.5) is 0 Å². The molecule has 0 heterocycles. The summed E-state index contributed by atoms with van der Waals surface area (Å²) in [6.45, 7) is 8.03. The molecule has 0 saturated heterocycles. The lowest BCUT2D eigenvalue weighted by Crippen LogP contribution is -1.93. The number of allylic oxidation sites excluding steroid dienone is 5. The number of hydrogen-bond donors (Lipinski definition) is 0. The fraction of sp³-hybridized carbons (Fsp3) is 0.385. The molecule has 1 nitrogen and oxygen atoms in total. The first-order chi connectivity index (χ1) is 6.74. The average molecular weight is 190 g/mol. The molecule has 0 unspecified atom stereocenters. The van der Waals surface area contributed by atoms with Gasteiger partial charge in [-0.1, -0.05) is 30.9 Å². The summed E-state index contributed by atoms with van der Waals surface area (Å²) >= 11 is 0. The van der Waals surface area contributed by atoms with E-state index in [2.05, 4.69) is 19.2 Å². The van der Waals surface area contributed by atoms with Gasteiger partial charge < -0.3 is 4.74 Å². The van der Waals surface area contributed by atoms with E-state index in [0.29, 0.717) is 0 Å². The average Bonchev–Trinajstić information content (AvgIpc) is 2.17. The molecule has 0 fully saturated rings. The van der Waals surface area contributed by atoms with Gasteiger partial charge in [0.05, 0.1) is 7.11 Å². The first-order valence-corrected chi connectivity index (χ1v) is 4.99. The van der Waals surface area contributed by atoms with E-state index in [-0.39, 0.29) is 0 Å². The summed E-state index contributed by atoms with van der Waals surface area (Å²) in [6.07, 6.45) is 10.3. The molecule has 1 heteroatoms. The third-order valence-corrected chi connectivity index (χ3v) is 2.37. The molecule has 0 bridgehead atoms. The Hall–Kier alpha value is -1.24. The van der Waals surface area contributed by atoms with Gasteiger partial charge in [-0.05, 0) is 37.3 Å². The van der Waals surface area contributed by atoms with Crippen LogP contribution in [0.2, 0.25) is 0 Å². The van der Waals surface area contributed by atoms with Crippen molar-refractivity contribution in [2.45, 2.75) is 25.7 Å². The number of rotatable bonds is 1. The zero-order chi connectivity index (χ0) is 10.4. The van der Waals surface area contributed by atoms with Gasteiger partial charge in [-0.15, -0.1) is 0 Å². The molecular formula is C13H18O. The van der Waals surface area contributed by atoms with Crippen molar-refractivity contribution in [3.63, 3.8) is 0 Å². The first kappa shape index (κ1) is 10.8. The predicted molar refractivity (Wildman–Crippen MR) is 61.0 cm³/mol. The molecule has 0 saturated carbocycles. The number of hydrogen-bond acceptors (Lipinski definition) is 1. The Balaban J connectivity index is 2.75. The third kappa shape index (κ3) is 3.25. The highest BCUT2D eigenvalue weighted by Crippen LogP contribution is 2.20. The molecule has 0 N–H and O–H groups in total. The Bertz CT molecular complexity index is 282. The van der Waals surface area contributed by atoms with Crippen molar-refractivity contribution in [1.29, 1.82) is 0 Å². The molecule has 1 aliphatic rings. The molecule has 1 aliphatic carbocycles. The van der Waals surface area contributed by atoms with Crippen LogP contribution in [0.15, 0.2) is 48.3 Å². The number of methoxy groups -OCH3 is 1. The van der Waals surface area contributed by atoms with Crippen LogP contribution < -0.4 is 0 Å². The van der Waals surface area contributed by atoms with Crippen LogP contribution in [0.1, 0.15) is 25.7 Å². The quantitative estimate of drug-likeness (QED) is 0.572. The summed E-state index contributed by atoms with van der Waals surface area (Å²) in [5, 5.41) is 0. The molecule has 0 atom stereocenters.